The lowest BCUT2D eigenvalue weighted by Crippen LogP contribution is -2.38. The molecule has 1 aliphatic carbocycles. The monoisotopic (exact) mass is 217 g/mol. The van der Waals surface area contributed by atoms with Crippen molar-refractivity contribution in [2.75, 3.05) is 26.3 Å². The number of nitrogens with zero attached hydrogens (tertiary/aromatic N) is 1. The van der Waals surface area contributed by atoms with E-state index in [0.717, 1.165) is 38.3 Å². The van der Waals surface area contributed by atoms with Crippen LogP contribution < -0.4 is 0 Å². The van der Waals surface area contributed by atoms with Gasteiger partial charge in [-0.05, 0) is 24.3 Å². The third-order valence-electron chi connectivity index (χ3n) is 3.74. The molecule has 1 aliphatic heterocycles. The smallest absolute Gasteiger partial charge is 0.0594 e. The molecule has 1 heterocycles. The summed E-state index contributed by atoms with van der Waals surface area (Å²) < 4.78 is 5.39. The molecule has 1 aromatic rings. The van der Waals surface area contributed by atoms with Crippen LogP contribution in [0.15, 0.2) is 30.3 Å². The molecule has 0 radical (unpaired) electrons. The van der Waals surface area contributed by atoms with Crippen molar-refractivity contribution in [1.82, 2.24) is 4.90 Å². The van der Waals surface area contributed by atoms with Crippen LogP contribution in [0.5, 0.6) is 0 Å². The van der Waals surface area contributed by atoms with Gasteiger partial charge in [-0.3, -0.25) is 4.90 Å². The molecule has 1 saturated heterocycles. The van der Waals surface area contributed by atoms with Crippen LogP contribution >= 0.6 is 0 Å². The van der Waals surface area contributed by atoms with E-state index in [1.807, 2.05) is 0 Å². The zero-order valence-electron chi connectivity index (χ0n) is 9.64. The molecule has 2 atom stereocenters. The summed E-state index contributed by atoms with van der Waals surface area (Å²) in [5.74, 6) is 0.889. The Morgan fingerprint density at radius 2 is 1.88 bits per heavy atom. The number of morpholine rings is 1. The maximum absolute atomic E-state index is 5.39. The Hall–Kier alpha value is -0.860. The Morgan fingerprint density at radius 3 is 2.62 bits per heavy atom. The Morgan fingerprint density at radius 1 is 1.12 bits per heavy atom. The highest BCUT2D eigenvalue weighted by molar-refractivity contribution is 5.17. The van der Waals surface area contributed by atoms with Gasteiger partial charge in [0.05, 0.1) is 13.2 Å². The summed E-state index contributed by atoms with van der Waals surface area (Å²) in [7, 11) is 0. The van der Waals surface area contributed by atoms with Gasteiger partial charge in [-0.15, -0.1) is 0 Å². The first-order valence-corrected chi connectivity index (χ1v) is 6.29. The summed E-state index contributed by atoms with van der Waals surface area (Å²) in [6, 6.07) is 11.7. The van der Waals surface area contributed by atoms with Gasteiger partial charge in [0.25, 0.3) is 0 Å². The molecule has 16 heavy (non-hydrogen) atoms. The van der Waals surface area contributed by atoms with E-state index >= 15 is 0 Å². The van der Waals surface area contributed by atoms with Gasteiger partial charge in [0, 0.05) is 19.1 Å². The molecule has 2 fully saturated rings. The normalized spacial score (nSPS) is 30.2. The SMILES string of the molecule is c1ccc(C[C@@H]2C[C@H]2N2CCOCC2)cc1. The summed E-state index contributed by atoms with van der Waals surface area (Å²) in [5, 5.41) is 0. The van der Waals surface area contributed by atoms with Gasteiger partial charge in [-0.2, -0.15) is 0 Å². The van der Waals surface area contributed by atoms with Crippen LogP contribution in [0.4, 0.5) is 0 Å². The molecule has 0 aromatic heterocycles. The van der Waals surface area contributed by atoms with Crippen molar-refractivity contribution >= 4 is 0 Å². The highest BCUT2D eigenvalue weighted by Gasteiger charge is 2.41. The summed E-state index contributed by atoms with van der Waals surface area (Å²) in [6.45, 7) is 4.12. The van der Waals surface area contributed by atoms with E-state index in [-0.39, 0.29) is 0 Å². The van der Waals surface area contributed by atoms with E-state index in [0.29, 0.717) is 0 Å². The lowest BCUT2D eigenvalue weighted by Gasteiger charge is -2.27. The van der Waals surface area contributed by atoms with Crippen LogP contribution in [-0.2, 0) is 11.2 Å². The van der Waals surface area contributed by atoms with E-state index in [9.17, 15) is 0 Å². The average molecular weight is 217 g/mol. The lowest BCUT2D eigenvalue weighted by atomic mass is 10.1. The van der Waals surface area contributed by atoms with Gasteiger partial charge in [-0.1, -0.05) is 30.3 Å². The van der Waals surface area contributed by atoms with Gasteiger partial charge in [0.15, 0.2) is 0 Å². The van der Waals surface area contributed by atoms with Gasteiger partial charge < -0.3 is 4.74 Å². The Bertz CT molecular complexity index is 332. The molecule has 2 nitrogen and oxygen atoms in total. The van der Waals surface area contributed by atoms with Crippen molar-refractivity contribution in [3.05, 3.63) is 35.9 Å². The van der Waals surface area contributed by atoms with E-state index < -0.39 is 0 Å². The van der Waals surface area contributed by atoms with Gasteiger partial charge in [0.2, 0.25) is 0 Å². The molecule has 0 amide bonds. The molecule has 0 N–H and O–H groups in total. The molecule has 0 spiro atoms. The van der Waals surface area contributed by atoms with Crippen LogP contribution in [0.2, 0.25) is 0 Å². The molecule has 86 valence electrons. The molecular formula is C14H19NO. The van der Waals surface area contributed by atoms with Gasteiger partial charge in [-0.25, -0.2) is 0 Å². The lowest BCUT2D eigenvalue weighted by molar-refractivity contribution is 0.0316. The highest BCUT2D eigenvalue weighted by atomic mass is 16.5. The fourth-order valence-corrected chi connectivity index (χ4v) is 2.72. The minimum atomic E-state index is 0.837. The van der Waals surface area contributed by atoms with E-state index in [4.69, 9.17) is 4.74 Å². The quantitative estimate of drug-likeness (QED) is 0.767. The molecule has 3 rings (SSSR count). The Balaban J connectivity index is 1.52. The second-order valence-corrected chi connectivity index (χ2v) is 4.90. The Kier molecular flexibility index (Phi) is 2.94. The van der Waals surface area contributed by atoms with Gasteiger partial charge in [0.1, 0.15) is 0 Å². The molecule has 2 aliphatic rings. The summed E-state index contributed by atoms with van der Waals surface area (Å²) in [5.41, 5.74) is 1.49. The van der Waals surface area contributed by atoms with Crippen LogP contribution in [0.3, 0.4) is 0 Å². The summed E-state index contributed by atoms with van der Waals surface area (Å²) >= 11 is 0. The van der Waals surface area contributed by atoms with Crippen molar-refractivity contribution < 1.29 is 4.74 Å². The largest absolute Gasteiger partial charge is 0.379 e. The number of benzene rings is 1. The summed E-state index contributed by atoms with van der Waals surface area (Å²) in [4.78, 5) is 2.61. The highest BCUT2D eigenvalue weighted by Crippen LogP contribution is 2.38. The van der Waals surface area contributed by atoms with Crippen LogP contribution in [-0.4, -0.2) is 37.2 Å². The first-order chi connectivity index (χ1) is 7.93. The number of hydrogen-bond donors (Lipinski definition) is 0. The van der Waals surface area contributed by atoms with E-state index in [1.54, 1.807) is 0 Å². The Labute approximate surface area is 97.2 Å². The van der Waals surface area contributed by atoms with Crippen LogP contribution in [0, 0.1) is 5.92 Å². The first kappa shape index (κ1) is 10.3. The van der Waals surface area contributed by atoms with E-state index in [2.05, 4.69) is 35.2 Å². The maximum atomic E-state index is 5.39. The van der Waals surface area contributed by atoms with Crippen molar-refractivity contribution in [3.63, 3.8) is 0 Å². The zero-order chi connectivity index (χ0) is 10.8. The predicted octanol–water partition coefficient (Wildman–Crippen LogP) is 1.95. The average Bonchev–Trinajstić information content (AvgIpc) is 3.11. The van der Waals surface area contributed by atoms with Gasteiger partial charge >= 0.3 is 0 Å². The molecule has 0 bridgehead atoms. The van der Waals surface area contributed by atoms with Crippen molar-refractivity contribution in [2.24, 2.45) is 5.92 Å². The number of ether oxygens (including phenoxy) is 1. The minimum Gasteiger partial charge on any atom is -0.379 e. The van der Waals surface area contributed by atoms with Crippen molar-refractivity contribution in [3.8, 4) is 0 Å². The van der Waals surface area contributed by atoms with Crippen molar-refractivity contribution in [2.45, 2.75) is 18.9 Å². The number of rotatable bonds is 3. The molecule has 1 saturated carbocycles. The fourth-order valence-electron chi connectivity index (χ4n) is 2.72. The second-order valence-electron chi connectivity index (χ2n) is 4.90. The fraction of sp³-hybridized carbons (Fsp3) is 0.571. The molecule has 2 heteroatoms. The molecule has 1 aromatic carbocycles. The van der Waals surface area contributed by atoms with Crippen LogP contribution in [0.1, 0.15) is 12.0 Å². The van der Waals surface area contributed by atoms with Crippen LogP contribution in [0.25, 0.3) is 0 Å². The standard InChI is InChI=1S/C14H19NO/c1-2-4-12(5-3-1)10-13-11-14(13)15-6-8-16-9-7-15/h1-5,13-14H,6-11H2/t13-,14-/m1/s1. The minimum absolute atomic E-state index is 0.837. The number of hydrogen-bond acceptors (Lipinski definition) is 2. The van der Waals surface area contributed by atoms with Crippen molar-refractivity contribution in [1.29, 1.82) is 0 Å². The zero-order valence-corrected chi connectivity index (χ0v) is 9.64. The molecular weight excluding hydrogens is 198 g/mol. The second kappa shape index (κ2) is 4.56. The van der Waals surface area contributed by atoms with E-state index in [1.165, 1.54) is 18.4 Å². The third kappa shape index (κ3) is 2.28. The maximum Gasteiger partial charge on any atom is 0.0594 e. The topological polar surface area (TPSA) is 12.5 Å². The molecule has 0 unspecified atom stereocenters. The first-order valence-electron chi connectivity index (χ1n) is 6.29. The summed E-state index contributed by atoms with van der Waals surface area (Å²) in [6.07, 6.45) is 2.64. The third-order valence-corrected chi connectivity index (χ3v) is 3.74. The predicted molar refractivity (Wildman–Crippen MR) is 64.4 cm³/mol.